The van der Waals surface area contributed by atoms with Gasteiger partial charge in [-0.05, 0) is 74.8 Å². The van der Waals surface area contributed by atoms with E-state index in [9.17, 15) is 4.79 Å². The molecule has 0 fully saturated rings. The normalized spacial score (nSPS) is 12.4. The van der Waals surface area contributed by atoms with Crippen molar-refractivity contribution in [1.29, 1.82) is 0 Å². The molecule has 0 aromatic heterocycles. The van der Waals surface area contributed by atoms with Gasteiger partial charge in [0.05, 0.1) is 13.2 Å². The second-order valence-electron chi connectivity index (χ2n) is 8.17. The van der Waals surface area contributed by atoms with Crippen LogP contribution in [0, 0.1) is 11.8 Å². The van der Waals surface area contributed by atoms with Crippen molar-refractivity contribution in [2.24, 2.45) is 17.6 Å². The van der Waals surface area contributed by atoms with E-state index in [1.54, 1.807) is 0 Å². The fraction of sp³-hybridized carbons (Fsp3) is 0.708. The van der Waals surface area contributed by atoms with E-state index in [0.717, 1.165) is 51.1 Å². The highest BCUT2D eigenvalue weighted by atomic mass is 16.5. The fourth-order valence-corrected chi connectivity index (χ4v) is 3.38. The predicted molar refractivity (Wildman–Crippen MR) is 120 cm³/mol. The standard InChI is InChI=1S/C24H42N2O3/c1-5-26(6-2)19-21-10-12-23(13-11-21)28-14-8-7-9-15-29-24(27)17-22(18-25)16-20(3)4/h10-13,20,22H,5-9,14-19,25H2,1-4H3. The van der Waals surface area contributed by atoms with Gasteiger partial charge in [-0.1, -0.05) is 39.8 Å². The fourth-order valence-electron chi connectivity index (χ4n) is 3.38. The molecular weight excluding hydrogens is 364 g/mol. The van der Waals surface area contributed by atoms with Gasteiger partial charge in [-0.3, -0.25) is 9.69 Å². The zero-order valence-corrected chi connectivity index (χ0v) is 19.0. The molecule has 2 N–H and O–H groups in total. The predicted octanol–water partition coefficient (Wildman–Crippen LogP) is 4.63. The molecule has 1 aromatic carbocycles. The van der Waals surface area contributed by atoms with Gasteiger partial charge < -0.3 is 15.2 Å². The monoisotopic (exact) mass is 406 g/mol. The van der Waals surface area contributed by atoms with Gasteiger partial charge in [-0.2, -0.15) is 0 Å². The van der Waals surface area contributed by atoms with Crippen LogP contribution in [0.25, 0.3) is 0 Å². The van der Waals surface area contributed by atoms with E-state index in [1.807, 2.05) is 12.1 Å². The SMILES string of the molecule is CCN(CC)Cc1ccc(OCCCCCOC(=O)CC(CN)CC(C)C)cc1. The van der Waals surface area contributed by atoms with Crippen LogP contribution in [0.5, 0.6) is 5.75 Å². The Morgan fingerprint density at radius 2 is 1.69 bits per heavy atom. The summed E-state index contributed by atoms with van der Waals surface area (Å²) in [7, 11) is 0. The molecule has 0 saturated heterocycles. The third-order valence-electron chi connectivity index (χ3n) is 5.14. The molecule has 0 saturated carbocycles. The molecule has 5 nitrogen and oxygen atoms in total. The Labute approximate surface area is 177 Å². The maximum Gasteiger partial charge on any atom is 0.306 e. The third-order valence-corrected chi connectivity index (χ3v) is 5.14. The van der Waals surface area contributed by atoms with E-state index < -0.39 is 0 Å². The van der Waals surface area contributed by atoms with Crippen LogP contribution in [-0.2, 0) is 16.1 Å². The Kier molecular flexibility index (Phi) is 13.4. The number of esters is 1. The number of rotatable bonds is 16. The topological polar surface area (TPSA) is 64.8 Å². The van der Waals surface area contributed by atoms with E-state index in [0.29, 0.717) is 32.1 Å². The average Bonchev–Trinajstić information content (AvgIpc) is 2.71. The Morgan fingerprint density at radius 3 is 2.28 bits per heavy atom. The van der Waals surface area contributed by atoms with E-state index in [4.69, 9.17) is 15.2 Å². The van der Waals surface area contributed by atoms with E-state index >= 15 is 0 Å². The summed E-state index contributed by atoms with van der Waals surface area (Å²) < 4.78 is 11.2. The number of nitrogens with two attached hydrogens (primary N) is 1. The van der Waals surface area contributed by atoms with Gasteiger partial charge in [0.2, 0.25) is 0 Å². The van der Waals surface area contributed by atoms with Crippen LogP contribution >= 0.6 is 0 Å². The van der Waals surface area contributed by atoms with Crippen LogP contribution in [0.2, 0.25) is 0 Å². The molecule has 1 aromatic rings. The third kappa shape index (κ3) is 11.9. The Hall–Kier alpha value is -1.59. The number of carbonyl (C=O) groups is 1. The minimum absolute atomic E-state index is 0.123. The highest BCUT2D eigenvalue weighted by molar-refractivity contribution is 5.69. The van der Waals surface area contributed by atoms with Crippen molar-refractivity contribution in [3.8, 4) is 5.75 Å². The van der Waals surface area contributed by atoms with Crippen LogP contribution in [0.3, 0.4) is 0 Å². The number of ether oxygens (including phenoxy) is 2. The Balaban J connectivity index is 2.11. The molecule has 0 aliphatic carbocycles. The summed E-state index contributed by atoms with van der Waals surface area (Å²) in [5.41, 5.74) is 7.06. The molecule has 5 heteroatoms. The van der Waals surface area contributed by atoms with Gasteiger partial charge in [0.15, 0.2) is 0 Å². The molecule has 0 spiro atoms. The molecule has 29 heavy (non-hydrogen) atoms. The largest absolute Gasteiger partial charge is 0.494 e. The van der Waals surface area contributed by atoms with Gasteiger partial charge in [0, 0.05) is 13.0 Å². The lowest BCUT2D eigenvalue weighted by molar-refractivity contribution is -0.144. The van der Waals surface area contributed by atoms with Crippen molar-refractivity contribution >= 4 is 5.97 Å². The smallest absolute Gasteiger partial charge is 0.306 e. The molecule has 0 aliphatic heterocycles. The highest BCUT2D eigenvalue weighted by Gasteiger charge is 2.14. The van der Waals surface area contributed by atoms with Crippen molar-refractivity contribution in [3.05, 3.63) is 29.8 Å². The van der Waals surface area contributed by atoms with Crippen LogP contribution < -0.4 is 10.5 Å². The van der Waals surface area contributed by atoms with Crippen LogP contribution in [0.4, 0.5) is 0 Å². The minimum atomic E-state index is -0.123. The lowest BCUT2D eigenvalue weighted by Gasteiger charge is -2.18. The average molecular weight is 407 g/mol. The number of unbranched alkanes of at least 4 members (excludes halogenated alkanes) is 2. The first kappa shape index (κ1) is 25.4. The molecule has 0 heterocycles. The lowest BCUT2D eigenvalue weighted by Crippen LogP contribution is -2.21. The quantitative estimate of drug-likeness (QED) is 0.320. The van der Waals surface area contributed by atoms with Crippen molar-refractivity contribution in [2.75, 3.05) is 32.8 Å². The number of benzene rings is 1. The molecule has 1 unspecified atom stereocenters. The lowest BCUT2D eigenvalue weighted by atomic mass is 9.94. The number of carbonyl (C=O) groups excluding carboxylic acids is 1. The first-order valence-electron chi connectivity index (χ1n) is 11.3. The van der Waals surface area contributed by atoms with E-state index in [2.05, 4.69) is 44.7 Å². The summed E-state index contributed by atoms with van der Waals surface area (Å²) in [5.74, 6) is 1.57. The summed E-state index contributed by atoms with van der Waals surface area (Å²) in [6, 6.07) is 8.37. The maximum absolute atomic E-state index is 11.9. The second-order valence-corrected chi connectivity index (χ2v) is 8.17. The zero-order valence-electron chi connectivity index (χ0n) is 19.0. The van der Waals surface area contributed by atoms with E-state index in [1.165, 1.54) is 5.56 Å². The maximum atomic E-state index is 11.9. The summed E-state index contributed by atoms with van der Waals surface area (Å²) >= 11 is 0. The summed E-state index contributed by atoms with van der Waals surface area (Å²) in [6.07, 6.45) is 4.22. The summed E-state index contributed by atoms with van der Waals surface area (Å²) in [4.78, 5) is 14.3. The molecule has 166 valence electrons. The van der Waals surface area contributed by atoms with Gasteiger partial charge in [-0.25, -0.2) is 0 Å². The highest BCUT2D eigenvalue weighted by Crippen LogP contribution is 2.16. The van der Waals surface area contributed by atoms with Gasteiger partial charge in [0.25, 0.3) is 0 Å². The molecule has 1 atom stereocenters. The van der Waals surface area contributed by atoms with Crippen molar-refractivity contribution in [3.63, 3.8) is 0 Å². The van der Waals surface area contributed by atoms with Gasteiger partial charge in [-0.15, -0.1) is 0 Å². The van der Waals surface area contributed by atoms with Crippen molar-refractivity contribution in [1.82, 2.24) is 4.90 Å². The second kappa shape index (κ2) is 15.3. The first-order chi connectivity index (χ1) is 14.0. The van der Waals surface area contributed by atoms with Gasteiger partial charge >= 0.3 is 5.97 Å². The van der Waals surface area contributed by atoms with Crippen LogP contribution in [-0.4, -0.2) is 43.7 Å². The van der Waals surface area contributed by atoms with Gasteiger partial charge in [0.1, 0.15) is 5.75 Å². The Morgan fingerprint density at radius 1 is 1.03 bits per heavy atom. The van der Waals surface area contributed by atoms with Crippen molar-refractivity contribution in [2.45, 2.75) is 66.3 Å². The van der Waals surface area contributed by atoms with Crippen LogP contribution in [0.1, 0.15) is 65.4 Å². The molecule has 0 radical (unpaired) electrons. The summed E-state index contributed by atoms with van der Waals surface area (Å²) in [5, 5.41) is 0. The molecular formula is C24H42N2O3. The molecule has 1 rings (SSSR count). The number of nitrogens with zero attached hydrogens (tertiary/aromatic N) is 1. The number of hydrogen-bond acceptors (Lipinski definition) is 5. The molecule has 0 amide bonds. The van der Waals surface area contributed by atoms with Crippen molar-refractivity contribution < 1.29 is 14.3 Å². The zero-order chi connectivity index (χ0) is 21.5. The van der Waals surface area contributed by atoms with Crippen LogP contribution in [0.15, 0.2) is 24.3 Å². The number of hydrogen-bond donors (Lipinski definition) is 1. The van der Waals surface area contributed by atoms with E-state index in [-0.39, 0.29) is 11.9 Å². The Bertz CT molecular complexity index is 542. The molecule has 0 aliphatic rings. The molecule has 0 bridgehead atoms. The summed E-state index contributed by atoms with van der Waals surface area (Å²) in [6.45, 7) is 13.5. The first-order valence-corrected chi connectivity index (χ1v) is 11.3. The minimum Gasteiger partial charge on any atom is -0.494 e.